The fourth-order valence-corrected chi connectivity index (χ4v) is 1.37. The number of thiol groups is 1. The van der Waals surface area contributed by atoms with Gasteiger partial charge in [-0.3, -0.25) is 0 Å². The molecule has 0 aliphatic carbocycles. The zero-order valence-corrected chi connectivity index (χ0v) is 7.07. The van der Waals surface area contributed by atoms with Crippen molar-refractivity contribution in [3.05, 3.63) is 0 Å². The molecule has 0 spiro atoms. The summed E-state index contributed by atoms with van der Waals surface area (Å²) in [4.78, 5) is 0. The van der Waals surface area contributed by atoms with E-state index in [-0.39, 0.29) is 11.9 Å². The molecule has 0 aromatic heterocycles. The Morgan fingerprint density at radius 2 is 2.27 bits per heavy atom. The minimum atomic E-state index is -0.763. The Morgan fingerprint density at radius 3 is 2.55 bits per heavy atom. The van der Waals surface area contributed by atoms with Crippen LogP contribution in [-0.2, 0) is 9.47 Å². The third-order valence-corrected chi connectivity index (χ3v) is 2.37. The number of rotatable bonds is 2. The number of methoxy groups -OCH3 is 1. The van der Waals surface area contributed by atoms with Crippen molar-refractivity contribution in [1.29, 1.82) is 0 Å². The van der Waals surface area contributed by atoms with E-state index < -0.39 is 18.5 Å². The highest BCUT2D eigenvalue weighted by atomic mass is 32.1. The van der Waals surface area contributed by atoms with E-state index in [0.717, 1.165) is 0 Å². The highest BCUT2D eigenvalue weighted by Crippen LogP contribution is 2.25. The van der Waals surface area contributed by atoms with Gasteiger partial charge in [0.1, 0.15) is 6.10 Å². The van der Waals surface area contributed by atoms with E-state index in [2.05, 4.69) is 12.6 Å². The highest BCUT2D eigenvalue weighted by Gasteiger charge is 2.41. The van der Waals surface area contributed by atoms with E-state index >= 15 is 0 Å². The van der Waals surface area contributed by atoms with E-state index in [9.17, 15) is 5.11 Å². The summed E-state index contributed by atoms with van der Waals surface area (Å²) >= 11 is 4.06. The average Bonchev–Trinajstić information content (AvgIpc) is 2.30. The van der Waals surface area contributed by atoms with Crippen LogP contribution in [0, 0.1) is 0 Å². The van der Waals surface area contributed by atoms with Crippen LogP contribution in [0.4, 0.5) is 0 Å². The van der Waals surface area contributed by atoms with Crippen molar-refractivity contribution in [2.24, 2.45) is 0 Å². The van der Waals surface area contributed by atoms with E-state index in [4.69, 9.17) is 14.6 Å². The summed E-state index contributed by atoms with van der Waals surface area (Å²) in [5.74, 6) is 0. The van der Waals surface area contributed by atoms with Crippen molar-refractivity contribution >= 4 is 12.6 Å². The lowest BCUT2D eigenvalue weighted by Crippen LogP contribution is -2.30. The van der Waals surface area contributed by atoms with E-state index in [1.54, 1.807) is 0 Å². The molecule has 4 atom stereocenters. The average molecular weight is 180 g/mol. The van der Waals surface area contributed by atoms with Crippen molar-refractivity contribution in [2.45, 2.75) is 23.7 Å². The molecule has 0 aromatic rings. The number of hydrogen-bond donors (Lipinski definition) is 3. The van der Waals surface area contributed by atoms with Gasteiger partial charge in [-0.2, -0.15) is 12.6 Å². The second kappa shape index (κ2) is 3.73. The fourth-order valence-electron chi connectivity index (χ4n) is 1.06. The molecule has 0 saturated carbocycles. The highest BCUT2D eigenvalue weighted by molar-refractivity contribution is 7.81. The van der Waals surface area contributed by atoms with Crippen molar-refractivity contribution in [1.82, 2.24) is 0 Å². The maximum Gasteiger partial charge on any atom is 0.184 e. The Balaban J connectivity index is 2.53. The molecular formula is C6H12O4S. The molecular weight excluding hydrogens is 168 g/mol. The lowest BCUT2D eigenvalue weighted by molar-refractivity contribution is -0.153. The molecule has 0 aromatic carbocycles. The molecule has 1 rings (SSSR count). The van der Waals surface area contributed by atoms with Gasteiger partial charge in [0.15, 0.2) is 6.29 Å². The van der Waals surface area contributed by atoms with Crippen LogP contribution < -0.4 is 0 Å². The quantitative estimate of drug-likeness (QED) is 0.478. The predicted octanol–water partition coefficient (Wildman–Crippen LogP) is -0.991. The summed E-state index contributed by atoms with van der Waals surface area (Å²) in [7, 11) is 1.44. The molecule has 1 aliphatic rings. The van der Waals surface area contributed by atoms with Crippen molar-refractivity contribution in [2.75, 3.05) is 13.7 Å². The Kier molecular flexibility index (Phi) is 3.15. The van der Waals surface area contributed by atoms with Crippen LogP contribution in [0.15, 0.2) is 0 Å². The molecule has 66 valence electrons. The van der Waals surface area contributed by atoms with Crippen LogP contribution in [-0.4, -0.2) is 47.7 Å². The standard InChI is InChI=1S/C6H12O4S/c1-9-6-4(8)5(11)3(2-7)10-6/h3-8,11H,2H2,1H3/t3-,4+,5-,6-/m1/s1. The summed E-state index contributed by atoms with van der Waals surface area (Å²) in [5, 5.41) is 17.7. The monoisotopic (exact) mass is 180 g/mol. The van der Waals surface area contributed by atoms with E-state index in [1.807, 2.05) is 0 Å². The van der Waals surface area contributed by atoms with Crippen LogP contribution in [0.2, 0.25) is 0 Å². The number of aliphatic hydroxyl groups excluding tert-OH is 2. The fraction of sp³-hybridized carbons (Fsp3) is 1.00. The summed E-state index contributed by atoms with van der Waals surface area (Å²) in [6.45, 7) is -0.148. The van der Waals surface area contributed by atoms with Crippen LogP contribution in [0.1, 0.15) is 0 Å². The van der Waals surface area contributed by atoms with Gasteiger partial charge in [-0.1, -0.05) is 0 Å². The van der Waals surface area contributed by atoms with Gasteiger partial charge in [0.2, 0.25) is 0 Å². The Labute approximate surface area is 70.5 Å². The van der Waals surface area contributed by atoms with Crippen molar-refractivity contribution in [3.8, 4) is 0 Å². The molecule has 1 aliphatic heterocycles. The maximum atomic E-state index is 9.32. The zero-order valence-electron chi connectivity index (χ0n) is 6.17. The summed E-state index contributed by atoms with van der Waals surface area (Å²) < 4.78 is 9.88. The minimum Gasteiger partial charge on any atom is -0.394 e. The Hall–Kier alpha value is 0.190. The van der Waals surface area contributed by atoms with Gasteiger partial charge in [0.05, 0.1) is 18.0 Å². The number of aliphatic hydroxyl groups is 2. The first-order valence-electron chi connectivity index (χ1n) is 3.36. The topological polar surface area (TPSA) is 58.9 Å². The van der Waals surface area contributed by atoms with Crippen LogP contribution in [0.25, 0.3) is 0 Å². The first-order valence-corrected chi connectivity index (χ1v) is 3.87. The van der Waals surface area contributed by atoms with Gasteiger partial charge in [-0.15, -0.1) is 0 Å². The smallest absolute Gasteiger partial charge is 0.184 e. The van der Waals surface area contributed by atoms with E-state index in [1.165, 1.54) is 7.11 Å². The molecule has 1 fully saturated rings. The van der Waals surface area contributed by atoms with Crippen molar-refractivity contribution in [3.63, 3.8) is 0 Å². The van der Waals surface area contributed by atoms with Gasteiger partial charge in [0, 0.05) is 7.11 Å². The van der Waals surface area contributed by atoms with Gasteiger partial charge < -0.3 is 19.7 Å². The number of ether oxygens (including phenoxy) is 2. The largest absolute Gasteiger partial charge is 0.394 e. The molecule has 0 amide bonds. The first kappa shape index (κ1) is 9.28. The van der Waals surface area contributed by atoms with Crippen molar-refractivity contribution < 1.29 is 19.7 Å². The summed E-state index contributed by atoms with van der Waals surface area (Å²) in [6, 6.07) is 0. The zero-order chi connectivity index (χ0) is 8.43. The Morgan fingerprint density at radius 1 is 1.64 bits per heavy atom. The maximum absolute atomic E-state index is 9.32. The molecule has 0 unspecified atom stereocenters. The predicted molar refractivity (Wildman–Crippen MR) is 41.5 cm³/mol. The molecule has 2 N–H and O–H groups in total. The van der Waals surface area contributed by atoms with Gasteiger partial charge in [0.25, 0.3) is 0 Å². The minimum absolute atomic E-state index is 0.148. The van der Waals surface area contributed by atoms with Crippen LogP contribution in [0.5, 0.6) is 0 Å². The van der Waals surface area contributed by atoms with Gasteiger partial charge in [-0.05, 0) is 0 Å². The Bertz CT molecular complexity index is 114. The molecule has 5 heteroatoms. The molecule has 4 nitrogen and oxygen atoms in total. The lowest BCUT2D eigenvalue weighted by atomic mass is 10.2. The van der Waals surface area contributed by atoms with Gasteiger partial charge >= 0.3 is 0 Å². The molecule has 11 heavy (non-hydrogen) atoms. The van der Waals surface area contributed by atoms with E-state index in [0.29, 0.717) is 0 Å². The summed E-state index contributed by atoms with van der Waals surface area (Å²) in [5.41, 5.74) is 0. The second-order valence-electron chi connectivity index (χ2n) is 2.44. The molecule has 0 radical (unpaired) electrons. The lowest BCUT2D eigenvalue weighted by Gasteiger charge is -2.11. The summed E-state index contributed by atoms with van der Waals surface area (Å²) in [6.07, 6.45) is -1.85. The van der Waals surface area contributed by atoms with Crippen LogP contribution >= 0.6 is 12.6 Å². The molecule has 0 bridgehead atoms. The molecule has 1 heterocycles. The van der Waals surface area contributed by atoms with Gasteiger partial charge in [-0.25, -0.2) is 0 Å². The first-order chi connectivity index (χ1) is 5.20. The third-order valence-electron chi connectivity index (χ3n) is 1.73. The molecule has 1 saturated heterocycles. The SMILES string of the molecule is CO[C@@H]1O[C@H](CO)[C@@H](S)[C@@H]1O. The second-order valence-corrected chi connectivity index (χ2v) is 3.04. The number of hydrogen-bond acceptors (Lipinski definition) is 5. The normalized spacial score (nSPS) is 44.7. The van der Waals surface area contributed by atoms with Crippen LogP contribution in [0.3, 0.4) is 0 Å². The third kappa shape index (κ3) is 1.68.